The van der Waals surface area contributed by atoms with E-state index in [-0.39, 0.29) is 10.7 Å². The Hall–Kier alpha value is -3.09. The number of hydrogen-bond donors (Lipinski definition) is 1. The van der Waals surface area contributed by atoms with E-state index in [2.05, 4.69) is 5.32 Å². The highest BCUT2D eigenvalue weighted by molar-refractivity contribution is 6.34. The summed E-state index contributed by atoms with van der Waals surface area (Å²) in [7, 11) is 0. The molecule has 3 aromatic carbocycles. The molecule has 0 spiro atoms. The van der Waals surface area contributed by atoms with Crippen molar-refractivity contribution in [3.05, 3.63) is 92.5 Å². The van der Waals surface area contributed by atoms with E-state index in [1.807, 2.05) is 32.0 Å². The lowest BCUT2D eigenvalue weighted by atomic mass is 9.94. The van der Waals surface area contributed by atoms with Crippen molar-refractivity contribution in [3.63, 3.8) is 0 Å². The van der Waals surface area contributed by atoms with Crippen molar-refractivity contribution < 1.29 is 18.0 Å². The maximum atomic E-state index is 13.5. The maximum absolute atomic E-state index is 13.5. The number of rotatable bonds is 3. The number of hydrogen-bond acceptors (Lipinski definition) is 2. The second kappa shape index (κ2) is 8.93. The summed E-state index contributed by atoms with van der Waals surface area (Å²) in [5, 5.41) is 3.69. The van der Waals surface area contributed by atoms with Crippen LogP contribution in [0.2, 0.25) is 10.0 Å². The molecule has 0 saturated heterocycles. The maximum Gasteiger partial charge on any atom is 0.416 e. The van der Waals surface area contributed by atoms with Gasteiger partial charge < -0.3 is 5.32 Å². The molecule has 34 heavy (non-hydrogen) atoms. The minimum atomic E-state index is -4.57. The zero-order chi connectivity index (χ0) is 24.8. The Morgan fingerprint density at radius 3 is 2.38 bits per heavy atom. The van der Waals surface area contributed by atoms with Crippen LogP contribution in [0.3, 0.4) is 0 Å². The highest BCUT2D eigenvalue weighted by atomic mass is 35.5. The Bertz CT molecular complexity index is 1450. The predicted molar refractivity (Wildman–Crippen MR) is 131 cm³/mol. The van der Waals surface area contributed by atoms with Crippen molar-refractivity contribution in [3.8, 4) is 11.3 Å². The monoisotopic (exact) mass is 502 g/mol. The van der Waals surface area contributed by atoms with Gasteiger partial charge in [0.25, 0.3) is 5.91 Å². The first-order valence-corrected chi connectivity index (χ1v) is 11.1. The van der Waals surface area contributed by atoms with Crippen molar-refractivity contribution in [1.82, 2.24) is 4.98 Å². The Balaban J connectivity index is 1.93. The standard InChI is InChI=1S/C26H19Cl2F3N2O/c1-13-9-14(2)23-19(10-13)22(15(3)24(33-23)16-5-4-6-18(27)11-16)25(34)32-21-12-17(26(29,30)31)7-8-20(21)28/h4-12H,1-3H3,(H,32,34). The van der Waals surface area contributed by atoms with Crippen LogP contribution in [0.15, 0.2) is 54.6 Å². The number of carbonyl (C=O) groups excluding carboxylic acids is 1. The third-order valence-electron chi connectivity index (χ3n) is 5.53. The number of aryl methyl sites for hydroxylation is 2. The molecule has 0 bridgehead atoms. The van der Waals surface area contributed by atoms with Crippen molar-refractivity contribution >= 4 is 45.7 Å². The molecule has 0 unspecified atom stereocenters. The SMILES string of the molecule is Cc1cc(C)c2nc(-c3cccc(Cl)c3)c(C)c(C(=O)Nc3cc(C(F)(F)F)ccc3Cl)c2c1. The molecule has 3 nitrogen and oxygen atoms in total. The molecule has 0 fully saturated rings. The van der Waals surface area contributed by atoms with Gasteiger partial charge in [-0.3, -0.25) is 4.79 Å². The first-order chi connectivity index (χ1) is 16.0. The number of amides is 1. The number of pyridine rings is 1. The van der Waals surface area contributed by atoms with Gasteiger partial charge in [-0.1, -0.05) is 47.0 Å². The molecule has 0 aliphatic rings. The van der Waals surface area contributed by atoms with Gasteiger partial charge in [0.15, 0.2) is 0 Å². The minimum absolute atomic E-state index is 0.000194. The van der Waals surface area contributed by atoms with Crippen molar-refractivity contribution in [2.45, 2.75) is 26.9 Å². The van der Waals surface area contributed by atoms with Crippen LogP contribution in [0.4, 0.5) is 18.9 Å². The first kappa shape index (κ1) is 24.0. The molecule has 0 aliphatic heterocycles. The van der Waals surface area contributed by atoms with Gasteiger partial charge in [-0.2, -0.15) is 13.2 Å². The Morgan fingerprint density at radius 1 is 0.971 bits per heavy atom. The molecule has 8 heteroatoms. The number of alkyl halides is 3. The Morgan fingerprint density at radius 2 is 1.71 bits per heavy atom. The molecule has 0 aliphatic carbocycles. The van der Waals surface area contributed by atoms with Crippen LogP contribution >= 0.6 is 23.2 Å². The average molecular weight is 503 g/mol. The smallest absolute Gasteiger partial charge is 0.321 e. The molecule has 1 heterocycles. The van der Waals surface area contributed by atoms with Crippen LogP contribution in [0.1, 0.15) is 32.6 Å². The number of fused-ring (bicyclic) bond motifs is 1. The van der Waals surface area contributed by atoms with Gasteiger partial charge in [-0.15, -0.1) is 0 Å². The van der Waals surface area contributed by atoms with Gasteiger partial charge in [0.2, 0.25) is 0 Å². The summed E-state index contributed by atoms with van der Waals surface area (Å²) in [6.45, 7) is 5.55. The number of carbonyl (C=O) groups is 1. The van der Waals surface area contributed by atoms with Crippen LogP contribution in [-0.4, -0.2) is 10.9 Å². The van der Waals surface area contributed by atoms with Crippen molar-refractivity contribution in [2.75, 3.05) is 5.32 Å². The number of nitrogens with one attached hydrogen (secondary N) is 1. The predicted octanol–water partition coefficient (Wildman–Crippen LogP) is 8.40. The molecular weight excluding hydrogens is 484 g/mol. The zero-order valence-corrected chi connectivity index (χ0v) is 20.0. The van der Waals surface area contributed by atoms with Gasteiger partial charge in [-0.25, -0.2) is 4.98 Å². The van der Waals surface area contributed by atoms with Gasteiger partial charge in [-0.05, 0) is 68.3 Å². The molecule has 174 valence electrons. The van der Waals surface area contributed by atoms with Gasteiger partial charge in [0, 0.05) is 16.0 Å². The van der Waals surface area contributed by atoms with E-state index in [1.54, 1.807) is 25.1 Å². The quantitative estimate of drug-likeness (QED) is 0.305. The van der Waals surface area contributed by atoms with Crippen LogP contribution < -0.4 is 5.32 Å². The van der Waals surface area contributed by atoms with E-state index in [9.17, 15) is 18.0 Å². The number of aromatic nitrogens is 1. The van der Waals surface area contributed by atoms with E-state index in [0.29, 0.717) is 32.7 Å². The molecule has 0 radical (unpaired) electrons. The Kier molecular flexibility index (Phi) is 6.32. The zero-order valence-electron chi connectivity index (χ0n) is 18.4. The second-order valence-corrected chi connectivity index (χ2v) is 8.94. The van der Waals surface area contributed by atoms with E-state index in [0.717, 1.165) is 34.9 Å². The summed E-state index contributed by atoms with van der Waals surface area (Å²) >= 11 is 12.3. The fourth-order valence-electron chi connectivity index (χ4n) is 4.01. The summed E-state index contributed by atoms with van der Waals surface area (Å²) in [4.78, 5) is 18.4. The highest BCUT2D eigenvalue weighted by Crippen LogP contribution is 2.36. The third kappa shape index (κ3) is 4.61. The normalized spacial score (nSPS) is 11.6. The van der Waals surface area contributed by atoms with Crippen LogP contribution in [0.5, 0.6) is 0 Å². The Labute approximate surface area is 204 Å². The van der Waals surface area contributed by atoms with Crippen molar-refractivity contribution in [2.24, 2.45) is 0 Å². The summed E-state index contributed by atoms with van der Waals surface area (Å²) in [6, 6.07) is 13.7. The lowest BCUT2D eigenvalue weighted by Gasteiger charge is -2.17. The molecule has 1 aromatic heterocycles. The summed E-state index contributed by atoms with van der Waals surface area (Å²) in [6.07, 6.45) is -4.57. The second-order valence-electron chi connectivity index (χ2n) is 8.10. The molecule has 4 aromatic rings. The van der Waals surface area contributed by atoms with Gasteiger partial charge in [0.1, 0.15) is 0 Å². The largest absolute Gasteiger partial charge is 0.416 e. The third-order valence-corrected chi connectivity index (χ3v) is 6.10. The summed E-state index contributed by atoms with van der Waals surface area (Å²) < 4.78 is 39.7. The molecular formula is C26H19Cl2F3N2O. The average Bonchev–Trinajstić information content (AvgIpc) is 2.74. The van der Waals surface area contributed by atoms with Crippen LogP contribution in [0.25, 0.3) is 22.2 Å². The molecule has 1 amide bonds. The molecule has 4 rings (SSSR count). The molecule has 0 saturated carbocycles. The topological polar surface area (TPSA) is 42.0 Å². The molecule has 1 N–H and O–H groups in total. The van der Waals surface area contributed by atoms with Crippen LogP contribution in [0, 0.1) is 20.8 Å². The number of benzene rings is 3. The summed E-state index contributed by atoms with van der Waals surface area (Å²) in [5.74, 6) is -0.584. The molecule has 0 atom stereocenters. The van der Waals surface area contributed by atoms with Crippen LogP contribution in [-0.2, 0) is 6.18 Å². The number of anilines is 1. The highest BCUT2D eigenvalue weighted by Gasteiger charge is 2.31. The lowest BCUT2D eigenvalue weighted by Crippen LogP contribution is -2.16. The van der Waals surface area contributed by atoms with E-state index < -0.39 is 17.6 Å². The van der Waals surface area contributed by atoms with E-state index >= 15 is 0 Å². The van der Waals surface area contributed by atoms with Gasteiger partial charge >= 0.3 is 6.18 Å². The van der Waals surface area contributed by atoms with Crippen molar-refractivity contribution in [1.29, 1.82) is 0 Å². The number of nitrogens with zero attached hydrogens (tertiary/aromatic N) is 1. The number of halogens is 5. The van der Waals surface area contributed by atoms with Gasteiger partial charge in [0.05, 0.1) is 33.0 Å². The van der Waals surface area contributed by atoms with E-state index in [4.69, 9.17) is 28.2 Å². The minimum Gasteiger partial charge on any atom is -0.321 e. The van der Waals surface area contributed by atoms with E-state index in [1.165, 1.54) is 0 Å². The first-order valence-electron chi connectivity index (χ1n) is 10.3. The summed E-state index contributed by atoms with van der Waals surface area (Å²) in [5.41, 5.74) is 3.53. The lowest BCUT2D eigenvalue weighted by molar-refractivity contribution is -0.137. The fraction of sp³-hybridized carbons (Fsp3) is 0.154. The fourth-order valence-corrected chi connectivity index (χ4v) is 4.36.